The Morgan fingerprint density at radius 3 is 2.87 bits per heavy atom. The van der Waals surface area contributed by atoms with Crippen LogP contribution in [0.4, 0.5) is 0 Å². The van der Waals surface area contributed by atoms with Gasteiger partial charge in [0.05, 0.1) is 12.7 Å². The second-order valence-electron chi connectivity index (χ2n) is 2.65. The van der Waals surface area contributed by atoms with Gasteiger partial charge >= 0.3 is 5.97 Å². The summed E-state index contributed by atoms with van der Waals surface area (Å²) in [5.41, 5.74) is 0.384. The Bertz CT molecular complexity index is 450. The molecule has 0 fully saturated rings. The van der Waals surface area contributed by atoms with Gasteiger partial charge in [-0.2, -0.15) is 4.68 Å². The van der Waals surface area contributed by atoms with Crippen LogP contribution < -0.4 is 0 Å². The molecule has 0 aliphatic carbocycles. The molecule has 0 unspecified atom stereocenters. The summed E-state index contributed by atoms with van der Waals surface area (Å²) >= 11 is 0. The molecule has 0 atom stereocenters. The first-order valence-corrected chi connectivity index (χ1v) is 4.09. The number of esters is 1. The third kappa shape index (κ3) is 1.80. The van der Waals surface area contributed by atoms with E-state index in [0.717, 1.165) is 0 Å². The topological polar surface area (TPSA) is 82.8 Å². The van der Waals surface area contributed by atoms with Gasteiger partial charge in [0.2, 0.25) is 0 Å². The molecule has 2 aromatic rings. The standard InChI is InChI=1S/C8H7N5O2/c1-15-8(14)6-2-3-7(9-4-6)13-5-10-11-12-13/h2-5H,1H3. The van der Waals surface area contributed by atoms with Crippen LogP contribution in [0.25, 0.3) is 5.82 Å². The van der Waals surface area contributed by atoms with Gasteiger partial charge in [-0.3, -0.25) is 0 Å². The molecule has 2 aromatic heterocycles. The van der Waals surface area contributed by atoms with Crippen LogP contribution in [0.5, 0.6) is 0 Å². The van der Waals surface area contributed by atoms with Crippen LogP contribution in [0.3, 0.4) is 0 Å². The number of pyridine rings is 1. The van der Waals surface area contributed by atoms with E-state index in [1.807, 2.05) is 0 Å². The highest BCUT2D eigenvalue weighted by atomic mass is 16.5. The minimum Gasteiger partial charge on any atom is -0.465 e. The van der Waals surface area contributed by atoms with E-state index in [4.69, 9.17) is 0 Å². The van der Waals surface area contributed by atoms with Crippen molar-refractivity contribution >= 4 is 5.97 Å². The number of tetrazole rings is 1. The average Bonchev–Trinajstić information content (AvgIpc) is 2.82. The molecule has 0 saturated heterocycles. The number of hydrogen-bond donors (Lipinski definition) is 0. The summed E-state index contributed by atoms with van der Waals surface area (Å²) in [5, 5.41) is 10.6. The van der Waals surface area contributed by atoms with Gasteiger partial charge in [-0.25, -0.2) is 9.78 Å². The summed E-state index contributed by atoms with van der Waals surface area (Å²) in [4.78, 5) is 15.1. The van der Waals surface area contributed by atoms with Crippen LogP contribution in [-0.4, -0.2) is 38.3 Å². The van der Waals surface area contributed by atoms with Gasteiger partial charge in [0, 0.05) is 6.20 Å². The predicted octanol–water partition coefficient (Wildman–Crippen LogP) is -0.156. The first-order valence-electron chi connectivity index (χ1n) is 4.09. The van der Waals surface area contributed by atoms with Crippen molar-refractivity contribution in [1.29, 1.82) is 0 Å². The lowest BCUT2D eigenvalue weighted by atomic mass is 10.3. The predicted molar refractivity (Wildman–Crippen MR) is 48.3 cm³/mol. The molecule has 0 amide bonds. The van der Waals surface area contributed by atoms with Crippen molar-refractivity contribution in [2.45, 2.75) is 0 Å². The Kier molecular flexibility index (Phi) is 2.36. The van der Waals surface area contributed by atoms with Crippen LogP contribution in [0.1, 0.15) is 10.4 Å². The number of carbonyl (C=O) groups is 1. The lowest BCUT2D eigenvalue weighted by molar-refractivity contribution is 0.0600. The fourth-order valence-electron chi connectivity index (χ4n) is 1.03. The molecule has 15 heavy (non-hydrogen) atoms. The van der Waals surface area contributed by atoms with E-state index < -0.39 is 5.97 Å². The van der Waals surface area contributed by atoms with Crippen molar-refractivity contribution in [1.82, 2.24) is 25.2 Å². The molecule has 0 spiro atoms. The number of nitrogens with zero attached hydrogens (tertiary/aromatic N) is 5. The zero-order valence-electron chi connectivity index (χ0n) is 7.86. The largest absolute Gasteiger partial charge is 0.465 e. The average molecular weight is 205 g/mol. The summed E-state index contributed by atoms with van der Waals surface area (Å²) in [5.74, 6) is 0.110. The van der Waals surface area contributed by atoms with Gasteiger partial charge in [0.1, 0.15) is 6.33 Å². The molecule has 0 radical (unpaired) electrons. The number of hydrogen-bond acceptors (Lipinski definition) is 6. The molecule has 0 bridgehead atoms. The second kappa shape index (κ2) is 3.82. The number of aromatic nitrogens is 5. The Morgan fingerprint density at radius 1 is 1.47 bits per heavy atom. The summed E-state index contributed by atoms with van der Waals surface area (Å²) < 4.78 is 5.93. The fraction of sp³-hybridized carbons (Fsp3) is 0.125. The molecule has 76 valence electrons. The summed E-state index contributed by atoms with van der Waals surface area (Å²) in [6.07, 6.45) is 2.82. The SMILES string of the molecule is COC(=O)c1ccc(-n2cnnn2)nc1. The monoisotopic (exact) mass is 205 g/mol. The Labute approximate surface area is 84.7 Å². The van der Waals surface area contributed by atoms with Crippen LogP contribution in [0, 0.1) is 0 Å². The molecule has 7 heteroatoms. The van der Waals surface area contributed by atoms with Crippen LogP contribution in [0.2, 0.25) is 0 Å². The molecule has 0 aromatic carbocycles. The summed E-state index contributed by atoms with van der Waals surface area (Å²) in [7, 11) is 1.32. The van der Waals surface area contributed by atoms with Gasteiger partial charge in [-0.05, 0) is 22.6 Å². The number of rotatable bonds is 2. The summed E-state index contributed by atoms with van der Waals surface area (Å²) in [6.45, 7) is 0. The minimum atomic E-state index is -0.425. The van der Waals surface area contributed by atoms with Crippen molar-refractivity contribution in [2.24, 2.45) is 0 Å². The molecular formula is C8H7N5O2. The quantitative estimate of drug-likeness (QED) is 0.634. The molecule has 0 aliphatic heterocycles. The molecule has 0 aliphatic rings. The minimum absolute atomic E-state index is 0.384. The van der Waals surface area contributed by atoms with Crippen molar-refractivity contribution in [3.8, 4) is 5.82 Å². The lowest BCUT2D eigenvalue weighted by Gasteiger charge is -2.00. The molecule has 2 heterocycles. The molecule has 2 rings (SSSR count). The lowest BCUT2D eigenvalue weighted by Crippen LogP contribution is -2.04. The van der Waals surface area contributed by atoms with E-state index in [1.165, 1.54) is 24.3 Å². The van der Waals surface area contributed by atoms with E-state index in [-0.39, 0.29) is 0 Å². The number of carbonyl (C=O) groups excluding carboxylic acids is 1. The first-order chi connectivity index (χ1) is 7.31. The van der Waals surface area contributed by atoms with E-state index in [1.54, 1.807) is 12.1 Å². The molecule has 7 nitrogen and oxygen atoms in total. The van der Waals surface area contributed by atoms with Crippen LogP contribution in [0.15, 0.2) is 24.7 Å². The maximum atomic E-state index is 11.1. The van der Waals surface area contributed by atoms with E-state index >= 15 is 0 Å². The maximum Gasteiger partial charge on any atom is 0.339 e. The zero-order valence-corrected chi connectivity index (χ0v) is 7.86. The smallest absolute Gasteiger partial charge is 0.339 e. The third-order valence-corrected chi connectivity index (χ3v) is 1.75. The summed E-state index contributed by atoms with van der Waals surface area (Å²) in [6, 6.07) is 3.22. The maximum absolute atomic E-state index is 11.1. The van der Waals surface area contributed by atoms with Crippen molar-refractivity contribution in [2.75, 3.05) is 7.11 Å². The Hall–Kier alpha value is -2.31. The van der Waals surface area contributed by atoms with Crippen LogP contribution in [-0.2, 0) is 4.74 Å². The highest BCUT2D eigenvalue weighted by Crippen LogP contribution is 2.04. The van der Waals surface area contributed by atoms with Gasteiger partial charge in [0.15, 0.2) is 5.82 Å². The Balaban J connectivity index is 2.29. The van der Waals surface area contributed by atoms with E-state index in [0.29, 0.717) is 11.4 Å². The molecular weight excluding hydrogens is 198 g/mol. The number of methoxy groups -OCH3 is 1. The van der Waals surface area contributed by atoms with E-state index in [9.17, 15) is 4.79 Å². The zero-order chi connectivity index (χ0) is 10.7. The fourth-order valence-corrected chi connectivity index (χ4v) is 1.03. The van der Waals surface area contributed by atoms with Crippen molar-refractivity contribution < 1.29 is 9.53 Å². The van der Waals surface area contributed by atoms with Gasteiger partial charge < -0.3 is 4.74 Å². The first kappa shape index (κ1) is 9.25. The number of ether oxygens (including phenoxy) is 1. The van der Waals surface area contributed by atoms with Crippen molar-refractivity contribution in [3.63, 3.8) is 0 Å². The normalized spacial score (nSPS) is 9.93. The molecule has 0 N–H and O–H groups in total. The Morgan fingerprint density at radius 2 is 2.33 bits per heavy atom. The van der Waals surface area contributed by atoms with Crippen molar-refractivity contribution in [3.05, 3.63) is 30.2 Å². The highest BCUT2D eigenvalue weighted by molar-refractivity contribution is 5.88. The van der Waals surface area contributed by atoms with E-state index in [2.05, 4.69) is 25.2 Å². The van der Waals surface area contributed by atoms with Gasteiger partial charge in [-0.15, -0.1) is 5.10 Å². The highest BCUT2D eigenvalue weighted by Gasteiger charge is 2.06. The van der Waals surface area contributed by atoms with Gasteiger partial charge in [-0.1, -0.05) is 0 Å². The molecule has 0 saturated carbocycles. The van der Waals surface area contributed by atoms with Gasteiger partial charge in [0.25, 0.3) is 0 Å². The van der Waals surface area contributed by atoms with Crippen LogP contribution >= 0.6 is 0 Å². The second-order valence-corrected chi connectivity index (χ2v) is 2.65. The third-order valence-electron chi connectivity index (χ3n) is 1.75.